The predicted molar refractivity (Wildman–Crippen MR) is 167 cm³/mol. The SMILES string of the molecule is Cc1ccc(COc2ccc(-c3noc([C@@H]4CCCN(C(=NC(=O)OC(C)(C)C)NC(=O)OC(C)(C)C)C4)n3)cc2C(F)(F)F)cc1. The van der Waals surface area contributed by atoms with Gasteiger partial charge in [0.05, 0.1) is 11.5 Å². The third-order valence-electron chi connectivity index (χ3n) is 6.77. The van der Waals surface area contributed by atoms with Crippen molar-refractivity contribution in [2.24, 2.45) is 4.99 Å². The van der Waals surface area contributed by atoms with Crippen molar-refractivity contribution in [1.82, 2.24) is 20.4 Å². The van der Waals surface area contributed by atoms with Gasteiger partial charge >= 0.3 is 18.4 Å². The maximum absolute atomic E-state index is 14.1. The summed E-state index contributed by atoms with van der Waals surface area (Å²) in [4.78, 5) is 35.3. The molecule has 1 aromatic heterocycles. The molecule has 2 heterocycles. The predicted octanol–water partition coefficient (Wildman–Crippen LogP) is 7.64. The highest BCUT2D eigenvalue weighted by molar-refractivity contribution is 5.99. The van der Waals surface area contributed by atoms with E-state index in [-0.39, 0.29) is 48.1 Å². The van der Waals surface area contributed by atoms with Crippen molar-refractivity contribution in [3.05, 3.63) is 65.0 Å². The number of nitrogens with zero attached hydrogens (tertiary/aromatic N) is 4. The van der Waals surface area contributed by atoms with E-state index in [0.29, 0.717) is 19.4 Å². The fraction of sp³-hybridized carbons (Fsp3) is 0.485. The van der Waals surface area contributed by atoms with Gasteiger partial charge in [-0.1, -0.05) is 35.0 Å². The number of ether oxygens (including phenoxy) is 3. The number of amides is 2. The van der Waals surface area contributed by atoms with Crippen LogP contribution in [0.4, 0.5) is 22.8 Å². The monoisotopic (exact) mass is 659 g/mol. The van der Waals surface area contributed by atoms with Crippen molar-refractivity contribution < 1.29 is 41.5 Å². The number of aryl methyl sites for hydroxylation is 1. The van der Waals surface area contributed by atoms with Gasteiger partial charge in [-0.2, -0.15) is 18.2 Å². The number of likely N-dealkylation sites (tertiary alicyclic amines) is 1. The maximum Gasteiger partial charge on any atom is 0.437 e. The number of alkyl halides is 3. The van der Waals surface area contributed by atoms with Gasteiger partial charge in [0.2, 0.25) is 17.7 Å². The summed E-state index contributed by atoms with van der Waals surface area (Å²) in [5.41, 5.74) is -0.725. The van der Waals surface area contributed by atoms with Crippen molar-refractivity contribution in [2.75, 3.05) is 13.1 Å². The van der Waals surface area contributed by atoms with Crippen LogP contribution in [0.5, 0.6) is 5.75 Å². The number of nitrogens with one attached hydrogen (secondary N) is 1. The highest BCUT2D eigenvalue weighted by atomic mass is 19.4. The normalized spacial score (nSPS) is 16.1. The van der Waals surface area contributed by atoms with Crippen molar-refractivity contribution in [1.29, 1.82) is 0 Å². The highest BCUT2D eigenvalue weighted by Crippen LogP contribution is 2.39. The van der Waals surface area contributed by atoms with Crippen molar-refractivity contribution in [3.63, 3.8) is 0 Å². The molecule has 1 aliphatic rings. The molecule has 1 atom stereocenters. The van der Waals surface area contributed by atoms with Crippen LogP contribution in [0.25, 0.3) is 11.4 Å². The first-order chi connectivity index (χ1) is 21.9. The lowest BCUT2D eigenvalue weighted by atomic mass is 9.98. The van der Waals surface area contributed by atoms with E-state index in [0.717, 1.165) is 17.2 Å². The maximum atomic E-state index is 14.1. The number of piperidine rings is 1. The lowest BCUT2D eigenvalue weighted by Gasteiger charge is -2.33. The second-order valence-electron chi connectivity index (χ2n) is 13.3. The molecule has 0 unspecified atom stereocenters. The molecule has 4 rings (SSSR count). The number of halogens is 3. The molecule has 1 saturated heterocycles. The van der Waals surface area contributed by atoms with Crippen LogP contribution in [0.15, 0.2) is 52.0 Å². The van der Waals surface area contributed by atoms with E-state index in [1.54, 1.807) is 58.6 Å². The molecule has 254 valence electrons. The Morgan fingerprint density at radius 3 is 2.34 bits per heavy atom. The van der Waals surface area contributed by atoms with Gasteiger partial charge in [0.1, 0.15) is 23.6 Å². The second kappa shape index (κ2) is 14.0. The average molecular weight is 660 g/mol. The molecule has 0 spiro atoms. The van der Waals surface area contributed by atoms with Crippen molar-refractivity contribution in [3.8, 4) is 17.1 Å². The molecule has 0 aliphatic carbocycles. The first-order valence-electron chi connectivity index (χ1n) is 15.2. The Kier molecular flexibility index (Phi) is 10.5. The number of hydrogen-bond acceptors (Lipinski definition) is 8. The van der Waals surface area contributed by atoms with Gasteiger partial charge in [-0.25, -0.2) is 9.59 Å². The number of carbonyl (C=O) groups excluding carboxylic acids is 2. The number of benzene rings is 2. The largest absolute Gasteiger partial charge is 0.488 e. The summed E-state index contributed by atoms with van der Waals surface area (Å²) in [6, 6.07) is 10.9. The third kappa shape index (κ3) is 10.4. The molecule has 1 aliphatic heterocycles. The second-order valence-corrected chi connectivity index (χ2v) is 13.3. The van der Waals surface area contributed by atoms with Crippen LogP contribution >= 0.6 is 0 Å². The minimum absolute atomic E-state index is 0.0257. The van der Waals surface area contributed by atoms with E-state index in [1.165, 1.54) is 12.1 Å². The lowest BCUT2D eigenvalue weighted by Crippen LogP contribution is -2.49. The molecule has 1 N–H and O–H groups in total. The van der Waals surface area contributed by atoms with Crippen LogP contribution in [-0.4, -0.2) is 57.5 Å². The van der Waals surface area contributed by atoms with E-state index >= 15 is 0 Å². The summed E-state index contributed by atoms with van der Waals surface area (Å²) in [6.45, 7) is 12.7. The van der Waals surface area contributed by atoms with Crippen LogP contribution in [-0.2, 0) is 22.3 Å². The molecule has 3 aromatic rings. The van der Waals surface area contributed by atoms with E-state index in [4.69, 9.17) is 18.7 Å². The molecular formula is C33H40F3N5O6. The summed E-state index contributed by atoms with van der Waals surface area (Å²) in [7, 11) is 0. The Hall–Kier alpha value is -4.62. The number of hydrogen-bond donors (Lipinski definition) is 1. The fourth-order valence-corrected chi connectivity index (χ4v) is 4.70. The zero-order chi connectivity index (χ0) is 34.6. The van der Waals surface area contributed by atoms with Crippen molar-refractivity contribution in [2.45, 2.75) is 91.2 Å². The minimum atomic E-state index is -4.69. The first-order valence-corrected chi connectivity index (χ1v) is 15.2. The summed E-state index contributed by atoms with van der Waals surface area (Å²) >= 11 is 0. The zero-order valence-corrected chi connectivity index (χ0v) is 27.5. The first kappa shape index (κ1) is 35.2. The Morgan fingerprint density at radius 1 is 1.02 bits per heavy atom. The average Bonchev–Trinajstić information content (AvgIpc) is 3.45. The molecule has 14 heteroatoms. The Morgan fingerprint density at radius 2 is 1.70 bits per heavy atom. The van der Waals surface area contributed by atoms with E-state index in [1.807, 2.05) is 19.1 Å². The number of alkyl carbamates (subject to hydrolysis) is 1. The Bertz CT molecular complexity index is 1590. The number of carbonyl (C=O) groups is 2. The molecule has 47 heavy (non-hydrogen) atoms. The highest BCUT2D eigenvalue weighted by Gasteiger charge is 2.36. The van der Waals surface area contributed by atoms with Gasteiger partial charge in [0.25, 0.3) is 0 Å². The smallest absolute Gasteiger partial charge is 0.437 e. The van der Waals surface area contributed by atoms with E-state index in [2.05, 4.69) is 20.4 Å². The van der Waals surface area contributed by atoms with Gasteiger partial charge in [-0.3, -0.25) is 5.32 Å². The molecule has 0 saturated carbocycles. The zero-order valence-electron chi connectivity index (χ0n) is 27.5. The van der Waals surface area contributed by atoms with Gasteiger partial charge in [-0.15, -0.1) is 4.99 Å². The number of guanidine groups is 1. The summed E-state index contributed by atoms with van der Waals surface area (Å²) in [5.74, 6) is -0.612. The molecule has 2 aromatic carbocycles. The third-order valence-corrected chi connectivity index (χ3v) is 6.77. The standard InChI is InChI=1S/C33H40F3N5O6/c1-20-10-12-21(13-11-20)19-44-25-15-14-22(17-24(25)33(34,35)36)26-37-27(47-40-26)23-9-8-16-41(18-23)28(38-29(42)45-31(2,3)4)39-30(43)46-32(5,6)7/h10-15,17,23H,8-9,16,18-19H2,1-7H3,(H,38,39,42,43)/t23-/m1/s1. The van der Waals surface area contributed by atoms with Gasteiger partial charge in [0, 0.05) is 18.7 Å². The van der Waals surface area contributed by atoms with E-state index < -0.39 is 35.1 Å². The summed E-state index contributed by atoms with van der Waals surface area (Å²) in [5, 5.41) is 6.50. The van der Waals surface area contributed by atoms with Crippen molar-refractivity contribution >= 4 is 18.1 Å². The van der Waals surface area contributed by atoms with Gasteiger partial charge in [-0.05, 0) is 85.1 Å². The van der Waals surface area contributed by atoms with E-state index in [9.17, 15) is 22.8 Å². The summed E-state index contributed by atoms with van der Waals surface area (Å²) < 4.78 is 63.9. The quantitative estimate of drug-likeness (QED) is 0.217. The fourth-order valence-electron chi connectivity index (χ4n) is 4.70. The number of aliphatic imine (C=N–C) groups is 1. The number of aromatic nitrogens is 2. The Balaban J connectivity index is 1.53. The minimum Gasteiger partial charge on any atom is -0.488 e. The van der Waals surface area contributed by atoms with Gasteiger partial charge in [0.15, 0.2) is 0 Å². The molecule has 1 fully saturated rings. The van der Waals surface area contributed by atoms with Crippen LogP contribution < -0.4 is 10.1 Å². The molecule has 0 bridgehead atoms. The topological polar surface area (TPSA) is 128 Å². The van der Waals surface area contributed by atoms with Crippen LogP contribution in [0.3, 0.4) is 0 Å². The van der Waals surface area contributed by atoms with Crippen LogP contribution in [0, 0.1) is 6.92 Å². The lowest BCUT2D eigenvalue weighted by molar-refractivity contribution is -0.139. The van der Waals surface area contributed by atoms with Crippen LogP contribution in [0.1, 0.15) is 82.9 Å². The molecule has 0 radical (unpaired) electrons. The Labute approximate surface area is 271 Å². The van der Waals surface area contributed by atoms with Crippen LogP contribution in [0.2, 0.25) is 0 Å². The molecular weight excluding hydrogens is 619 g/mol. The molecule has 2 amide bonds. The summed E-state index contributed by atoms with van der Waals surface area (Å²) in [6.07, 6.45) is -5.22. The van der Waals surface area contributed by atoms with Gasteiger partial charge < -0.3 is 23.6 Å². The molecule has 11 nitrogen and oxygen atoms in total. The number of rotatable bonds is 5.